The Labute approximate surface area is 122 Å². The number of aliphatic hydroxyl groups is 1. The number of hydrogen-bond acceptors (Lipinski definition) is 4. The molecule has 106 valence electrons. The molecule has 0 atom stereocenters. The number of amides is 1. The van der Waals surface area contributed by atoms with Crippen LogP contribution in [-0.4, -0.2) is 29.7 Å². The molecule has 0 saturated heterocycles. The molecule has 2 N–H and O–H groups in total. The van der Waals surface area contributed by atoms with E-state index >= 15 is 0 Å². The molecule has 0 radical (unpaired) electrons. The Morgan fingerprint density at radius 3 is 2.76 bits per heavy atom. The summed E-state index contributed by atoms with van der Waals surface area (Å²) in [6.45, 7) is -0.218. The van der Waals surface area contributed by atoms with Gasteiger partial charge in [0.15, 0.2) is 0 Å². The fourth-order valence-electron chi connectivity index (χ4n) is 1.72. The van der Waals surface area contributed by atoms with Crippen LogP contribution in [0.1, 0.15) is 15.9 Å². The largest absolute Gasteiger partial charge is 0.495 e. The second-order valence-electron chi connectivity index (χ2n) is 4.06. The quantitative estimate of drug-likeness (QED) is 0.840. The maximum atomic E-state index is 12.1. The second kappa shape index (κ2) is 7.08. The van der Waals surface area contributed by atoms with Gasteiger partial charge >= 0.3 is 0 Å². The number of hydrogen-bond donors (Lipinski definition) is 2. The van der Waals surface area contributed by atoms with Crippen molar-refractivity contribution < 1.29 is 14.6 Å². The minimum atomic E-state index is -0.261. The summed E-state index contributed by atoms with van der Waals surface area (Å²) in [5.41, 5.74) is 1.69. The van der Waals surface area contributed by atoms with Gasteiger partial charge in [0.25, 0.3) is 5.91 Å². The summed E-state index contributed by atoms with van der Waals surface area (Å²) in [7, 11) is 1.52. The molecule has 0 saturated carbocycles. The minimum absolute atomic E-state index is 0.218. The van der Waals surface area contributed by atoms with Crippen molar-refractivity contribution in [3.63, 3.8) is 0 Å². The lowest BCUT2D eigenvalue weighted by molar-refractivity contribution is 0.102. The minimum Gasteiger partial charge on any atom is -0.495 e. The summed E-state index contributed by atoms with van der Waals surface area (Å²) in [6.07, 6.45) is 3.10. The van der Waals surface area contributed by atoms with Crippen molar-refractivity contribution in [1.82, 2.24) is 4.98 Å². The monoisotopic (exact) mass is 282 g/mol. The standard InChI is InChI=1S/C16H14N2O3/c1-21-15-5-4-12(3-2-10-19)11-14(15)18-16(20)13-6-8-17-9-7-13/h4-9,11,19H,10H2,1H3,(H,18,20). The average molecular weight is 282 g/mol. The molecule has 0 aliphatic carbocycles. The molecule has 0 unspecified atom stereocenters. The van der Waals surface area contributed by atoms with Crippen LogP contribution < -0.4 is 10.1 Å². The molecule has 0 fully saturated rings. The van der Waals surface area contributed by atoms with E-state index in [4.69, 9.17) is 9.84 Å². The molecule has 0 aliphatic heterocycles. The Morgan fingerprint density at radius 1 is 1.33 bits per heavy atom. The normalized spacial score (nSPS) is 9.43. The van der Waals surface area contributed by atoms with E-state index in [9.17, 15) is 4.79 Å². The van der Waals surface area contributed by atoms with E-state index in [0.717, 1.165) is 0 Å². The summed E-state index contributed by atoms with van der Waals surface area (Å²) in [6, 6.07) is 8.40. The fourth-order valence-corrected chi connectivity index (χ4v) is 1.72. The first-order valence-electron chi connectivity index (χ1n) is 6.23. The third kappa shape index (κ3) is 3.81. The first kappa shape index (κ1) is 14.6. The number of carbonyl (C=O) groups excluding carboxylic acids is 1. The predicted molar refractivity (Wildman–Crippen MR) is 79.1 cm³/mol. The molecular weight excluding hydrogens is 268 g/mol. The highest BCUT2D eigenvalue weighted by molar-refractivity contribution is 6.05. The first-order valence-corrected chi connectivity index (χ1v) is 6.23. The predicted octanol–water partition coefficient (Wildman–Crippen LogP) is 1.69. The lowest BCUT2D eigenvalue weighted by Crippen LogP contribution is -2.12. The van der Waals surface area contributed by atoms with Crippen molar-refractivity contribution in [3.05, 3.63) is 53.9 Å². The molecule has 0 spiro atoms. The van der Waals surface area contributed by atoms with E-state index < -0.39 is 0 Å². The highest BCUT2D eigenvalue weighted by Crippen LogP contribution is 2.25. The molecule has 1 aromatic heterocycles. The van der Waals surface area contributed by atoms with Gasteiger partial charge in [0.1, 0.15) is 12.4 Å². The first-order chi connectivity index (χ1) is 10.2. The molecule has 5 nitrogen and oxygen atoms in total. The Hall–Kier alpha value is -2.84. The number of methoxy groups -OCH3 is 1. The van der Waals surface area contributed by atoms with Crippen LogP contribution in [-0.2, 0) is 0 Å². The van der Waals surface area contributed by atoms with Gasteiger partial charge in [0.05, 0.1) is 12.8 Å². The lowest BCUT2D eigenvalue weighted by Gasteiger charge is -2.10. The van der Waals surface area contributed by atoms with Gasteiger partial charge in [-0.2, -0.15) is 0 Å². The second-order valence-corrected chi connectivity index (χ2v) is 4.06. The van der Waals surface area contributed by atoms with Gasteiger partial charge in [-0.05, 0) is 30.3 Å². The number of ether oxygens (including phenoxy) is 1. The smallest absolute Gasteiger partial charge is 0.255 e. The van der Waals surface area contributed by atoms with Crippen molar-refractivity contribution in [2.75, 3.05) is 19.0 Å². The van der Waals surface area contributed by atoms with Crippen LogP contribution >= 0.6 is 0 Å². The van der Waals surface area contributed by atoms with Crippen LogP contribution in [0.25, 0.3) is 0 Å². The van der Waals surface area contributed by atoms with Gasteiger partial charge in [-0.1, -0.05) is 11.8 Å². The molecular formula is C16H14N2O3. The number of anilines is 1. The van der Waals surface area contributed by atoms with E-state index in [1.165, 1.54) is 7.11 Å². The van der Waals surface area contributed by atoms with Crippen LogP contribution in [0.5, 0.6) is 5.75 Å². The molecule has 0 aliphatic rings. The third-order valence-electron chi connectivity index (χ3n) is 2.70. The highest BCUT2D eigenvalue weighted by Gasteiger charge is 2.10. The Morgan fingerprint density at radius 2 is 2.10 bits per heavy atom. The number of rotatable bonds is 3. The molecule has 2 rings (SSSR count). The number of carbonyl (C=O) groups is 1. The zero-order chi connectivity index (χ0) is 15.1. The Kier molecular flexibility index (Phi) is 4.91. The van der Waals surface area contributed by atoms with Crippen LogP contribution in [0.2, 0.25) is 0 Å². The van der Waals surface area contributed by atoms with Crippen molar-refractivity contribution in [1.29, 1.82) is 0 Å². The SMILES string of the molecule is COc1ccc(C#CCO)cc1NC(=O)c1ccncc1. The summed E-state index contributed by atoms with van der Waals surface area (Å²) in [5, 5.41) is 11.5. The maximum absolute atomic E-state index is 12.1. The van der Waals surface area contributed by atoms with E-state index in [1.807, 2.05) is 0 Å². The van der Waals surface area contributed by atoms with E-state index in [-0.39, 0.29) is 12.5 Å². The zero-order valence-electron chi connectivity index (χ0n) is 11.5. The number of nitrogens with one attached hydrogen (secondary N) is 1. The van der Waals surface area contributed by atoms with Crippen LogP contribution in [0, 0.1) is 11.8 Å². The van der Waals surface area contributed by atoms with Crippen LogP contribution in [0.15, 0.2) is 42.7 Å². The van der Waals surface area contributed by atoms with E-state index in [0.29, 0.717) is 22.6 Å². The van der Waals surface area contributed by atoms with Crippen molar-refractivity contribution >= 4 is 11.6 Å². The highest BCUT2D eigenvalue weighted by atomic mass is 16.5. The number of pyridine rings is 1. The van der Waals surface area contributed by atoms with Crippen molar-refractivity contribution in [2.24, 2.45) is 0 Å². The molecule has 1 heterocycles. The van der Waals surface area contributed by atoms with Gasteiger partial charge in [0.2, 0.25) is 0 Å². The topological polar surface area (TPSA) is 71.5 Å². The van der Waals surface area contributed by atoms with Gasteiger partial charge in [-0.15, -0.1) is 0 Å². The Balaban J connectivity index is 2.27. The summed E-state index contributed by atoms with van der Waals surface area (Å²) >= 11 is 0. The lowest BCUT2D eigenvalue weighted by atomic mass is 10.1. The number of aromatic nitrogens is 1. The van der Waals surface area contributed by atoms with Gasteiger partial charge in [-0.25, -0.2) is 0 Å². The number of aliphatic hydroxyl groups excluding tert-OH is 1. The number of nitrogens with zero attached hydrogens (tertiary/aromatic N) is 1. The molecule has 1 amide bonds. The summed E-state index contributed by atoms with van der Waals surface area (Å²) in [4.78, 5) is 16.0. The van der Waals surface area contributed by atoms with Gasteiger partial charge in [-0.3, -0.25) is 9.78 Å². The van der Waals surface area contributed by atoms with Crippen LogP contribution in [0.4, 0.5) is 5.69 Å². The third-order valence-corrected chi connectivity index (χ3v) is 2.70. The fraction of sp³-hybridized carbons (Fsp3) is 0.125. The van der Waals surface area contributed by atoms with Gasteiger partial charge < -0.3 is 15.2 Å². The molecule has 5 heteroatoms. The molecule has 2 aromatic rings. The van der Waals surface area contributed by atoms with E-state index in [1.54, 1.807) is 42.7 Å². The average Bonchev–Trinajstić information content (AvgIpc) is 2.54. The Bertz CT molecular complexity index is 688. The summed E-state index contributed by atoms with van der Waals surface area (Å²) in [5.74, 6) is 5.61. The van der Waals surface area contributed by atoms with E-state index in [2.05, 4.69) is 22.1 Å². The zero-order valence-corrected chi connectivity index (χ0v) is 11.5. The van der Waals surface area contributed by atoms with Crippen molar-refractivity contribution in [3.8, 4) is 17.6 Å². The maximum Gasteiger partial charge on any atom is 0.255 e. The molecule has 21 heavy (non-hydrogen) atoms. The molecule has 0 bridgehead atoms. The number of benzene rings is 1. The van der Waals surface area contributed by atoms with Crippen molar-refractivity contribution in [2.45, 2.75) is 0 Å². The summed E-state index contributed by atoms with van der Waals surface area (Å²) < 4.78 is 5.22. The van der Waals surface area contributed by atoms with Crippen LogP contribution in [0.3, 0.4) is 0 Å². The van der Waals surface area contributed by atoms with Gasteiger partial charge in [0, 0.05) is 23.5 Å². The molecule has 1 aromatic carbocycles.